The standard InChI is InChI=1S/C15H16BrNO/c1-11-3-8-15(18-2)14(9-11)17-10-12-4-6-13(16)7-5-12/h3-9,17H,10H2,1-2H3. The van der Waals surface area contributed by atoms with Crippen molar-refractivity contribution in [3.63, 3.8) is 0 Å². The highest BCUT2D eigenvalue weighted by Crippen LogP contribution is 2.25. The SMILES string of the molecule is COc1ccc(C)cc1NCc1ccc(Br)cc1. The molecular weight excluding hydrogens is 290 g/mol. The Labute approximate surface area is 116 Å². The molecule has 0 saturated carbocycles. The minimum Gasteiger partial charge on any atom is -0.495 e. The molecule has 0 aliphatic carbocycles. The highest BCUT2D eigenvalue weighted by molar-refractivity contribution is 9.10. The van der Waals surface area contributed by atoms with Gasteiger partial charge in [0.2, 0.25) is 0 Å². The van der Waals surface area contributed by atoms with Gasteiger partial charge < -0.3 is 10.1 Å². The quantitative estimate of drug-likeness (QED) is 0.905. The van der Waals surface area contributed by atoms with Crippen LogP contribution in [0.4, 0.5) is 5.69 Å². The first-order valence-electron chi connectivity index (χ1n) is 5.82. The van der Waals surface area contributed by atoms with E-state index in [-0.39, 0.29) is 0 Å². The number of benzene rings is 2. The number of anilines is 1. The monoisotopic (exact) mass is 305 g/mol. The lowest BCUT2D eigenvalue weighted by atomic mass is 10.2. The lowest BCUT2D eigenvalue weighted by Crippen LogP contribution is -2.01. The average Bonchev–Trinajstić information content (AvgIpc) is 2.38. The summed E-state index contributed by atoms with van der Waals surface area (Å²) in [7, 11) is 1.69. The van der Waals surface area contributed by atoms with Crippen molar-refractivity contribution in [1.82, 2.24) is 0 Å². The van der Waals surface area contributed by atoms with Crippen LogP contribution in [0.15, 0.2) is 46.9 Å². The molecule has 0 amide bonds. The van der Waals surface area contributed by atoms with E-state index in [4.69, 9.17) is 4.74 Å². The summed E-state index contributed by atoms with van der Waals surface area (Å²) in [6.45, 7) is 2.86. The topological polar surface area (TPSA) is 21.3 Å². The molecule has 0 atom stereocenters. The van der Waals surface area contributed by atoms with E-state index < -0.39 is 0 Å². The summed E-state index contributed by atoms with van der Waals surface area (Å²) in [5.74, 6) is 0.873. The van der Waals surface area contributed by atoms with Gasteiger partial charge in [0.05, 0.1) is 12.8 Å². The van der Waals surface area contributed by atoms with Crippen LogP contribution in [0, 0.1) is 6.92 Å². The molecule has 0 aliphatic rings. The average molecular weight is 306 g/mol. The van der Waals surface area contributed by atoms with Gasteiger partial charge >= 0.3 is 0 Å². The van der Waals surface area contributed by atoms with Gasteiger partial charge in [-0.1, -0.05) is 34.1 Å². The van der Waals surface area contributed by atoms with Crippen LogP contribution in [0.25, 0.3) is 0 Å². The second-order valence-electron chi connectivity index (χ2n) is 4.18. The Hall–Kier alpha value is -1.48. The number of hydrogen-bond acceptors (Lipinski definition) is 2. The Balaban J connectivity index is 2.09. The summed E-state index contributed by atoms with van der Waals surface area (Å²) in [4.78, 5) is 0. The fourth-order valence-electron chi connectivity index (χ4n) is 1.76. The van der Waals surface area contributed by atoms with E-state index in [9.17, 15) is 0 Å². The number of nitrogens with one attached hydrogen (secondary N) is 1. The Morgan fingerprint density at radius 1 is 1.11 bits per heavy atom. The summed E-state index contributed by atoms with van der Waals surface area (Å²) < 4.78 is 6.43. The summed E-state index contributed by atoms with van der Waals surface area (Å²) >= 11 is 3.43. The normalized spacial score (nSPS) is 10.2. The number of rotatable bonds is 4. The lowest BCUT2D eigenvalue weighted by Gasteiger charge is -2.12. The third-order valence-electron chi connectivity index (χ3n) is 2.75. The zero-order valence-electron chi connectivity index (χ0n) is 10.5. The van der Waals surface area contributed by atoms with Gasteiger partial charge in [-0.3, -0.25) is 0 Å². The van der Waals surface area contributed by atoms with Crippen LogP contribution in [0.3, 0.4) is 0 Å². The number of hydrogen-bond donors (Lipinski definition) is 1. The molecule has 1 N–H and O–H groups in total. The molecule has 2 rings (SSSR count). The molecule has 0 aromatic heterocycles. The molecule has 0 saturated heterocycles. The first kappa shape index (κ1) is 13.0. The van der Waals surface area contributed by atoms with Gasteiger partial charge in [0, 0.05) is 11.0 Å². The van der Waals surface area contributed by atoms with Crippen molar-refractivity contribution in [3.05, 3.63) is 58.1 Å². The molecule has 94 valence electrons. The van der Waals surface area contributed by atoms with Gasteiger partial charge in [0.25, 0.3) is 0 Å². The van der Waals surface area contributed by atoms with E-state index >= 15 is 0 Å². The molecular formula is C15H16BrNO. The minimum absolute atomic E-state index is 0.785. The summed E-state index contributed by atoms with van der Waals surface area (Å²) in [6.07, 6.45) is 0. The van der Waals surface area contributed by atoms with Gasteiger partial charge in [-0.2, -0.15) is 0 Å². The zero-order valence-corrected chi connectivity index (χ0v) is 12.1. The van der Waals surface area contributed by atoms with Crippen LogP contribution in [-0.2, 0) is 6.54 Å². The predicted octanol–water partition coefficient (Wildman–Crippen LogP) is 4.38. The number of ether oxygens (including phenoxy) is 1. The van der Waals surface area contributed by atoms with E-state index in [0.717, 1.165) is 22.5 Å². The Kier molecular flexibility index (Phi) is 4.26. The van der Waals surface area contributed by atoms with E-state index in [2.05, 4.69) is 46.4 Å². The third kappa shape index (κ3) is 3.26. The van der Waals surface area contributed by atoms with E-state index in [1.807, 2.05) is 24.3 Å². The van der Waals surface area contributed by atoms with Crippen LogP contribution < -0.4 is 10.1 Å². The third-order valence-corrected chi connectivity index (χ3v) is 3.28. The van der Waals surface area contributed by atoms with Crippen molar-refractivity contribution in [2.24, 2.45) is 0 Å². The molecule has 0 unspecified atom stereocenters. The van der Waals surface area contributed by atoms with Gasteiger partial charge in [-0.15, -0.1) is 0 Å². The van der Waals surface area contributed by atoms with Crippen LogP contribution >= 0.6 is 15.9 Å². The van der Waals surface area contributed by atoms with Crippen LogP contribution in [0.5, 0.6) is 5.75 Å². The molecule has 0 aliphatic heterocycles. The summed E-state index contributed by atoms with van der Waals surface area (Å²) in [5, 5.41) is 3.40. The van der Waals surface area contributed by atoms with Gasteiger partial charge in [-0.25, -0.2) is 0 Å². The van der Waals surface area contributed by atoms with Gasteiger partial charge in [0.1, 0.15) is 5.75 Å². The molecule has 2 nitrogen and oxygen atoms in total. The largest absolute Gasteiger partial charge is 0.495 e. The number of aryl methyl sites for hydroxylation is 1. The van der Waals surface area contributed by atoms with Crippen LogP contribution in [0.1, 0.15) is 11.1 Å². The molecule has 2 aromatic rings. The lowest BCUT2D eigenvalue weighted by molar-refractivity contribution is 0.416. The second-order valence-corrected chi connectivity index (χ2v) is 5.10. The fraction of sp³-hybridized carbons (Fsp3) is 0.200. The van der Waals surface area contributed by atoms with Crippen LogP contribution in [0.2, 0.25) is 0 Å². The summed E-state index contributed by atoms with van der Waals surface area (Å²) in [6, 6.07) is 14.4. The first-order valence-corrected chi connectivity index (χ1v) is 6.61. The molecule has 0 spiro atoms. The van der Waals surface area contributed by atoms with Crippen molar-refractivity contribution in [1.29, 1.82) is 0 Å². The van der Waals surface area contributed by atoms with Gasteiger partial charge in [-0.05, 0) is 42.3 Å². The molecule has 0 bridgehead atoms. The molecule has 0 radical (unpaired) electrons. The van der Waals surface area contributed by atoms with Crippen molar-refractivity contribution in [2.45, 2.75) is 13.5 Å². The Morgan fingerprint density at radius 3 is 2.50 bits per heavy atom. The Morgan fingerprint density at radius 2 is 1.83 bits per heavy atom. The summed E-state index contributed by atoms with van der Waals surface area (Å²) in [5.41, 5.74) is 3.48. The molecule has 3 heteroatoms. The highest BCUT2D eigenvalue weighted by Gasteiger charge is 2.02. The van der Waals surface area contributed by atoms with E-state index in [1.54, 1.807) is 7.11 Å². The van der Waals surface area contributed by atoms with Crippen molar-refractivity contribution in [2.75, 3.05) is 12.4 Å². The zero-order chi connectivity index (χ0) is 13.0. The van der Waals surface area contributed by atoms with Crippen molar-refractivity contribution < 1.29 is 4.74 Å². The molecule has 2 aromatic carbocycles. The molecule has 0 fully saturated rings. The maximum absolute atomic E-state index is 5.34. The minimum atomic E-state index is 0.785. The molecule has 18 heavy (non-hydrogen) atoms. The smallest absolute Gasteiger partial charge is 0.141 e. The molecule has 0 heterocycles. The highest BCUT2D eigenvalue weighted by atomic mass is 79.9. The number of methoxy groups -OCH3 is 1. The van der Waals surface area contributed by atoms with Crippen molar-refractivity contribution in [3.8, 4) is 5.75 Å². The first-order chi connectivity index (χ1) is 8.69. The predicted molar refractivity (Wildman–Crippen MR) is 79.2 cm³/mol. The van der Waals surface area contributed by atoms with E-state index in [1.165, 1.54) is 11.1 Å². The van der Waals surface area contributed by atoms with Crippen LogP contribution in [-0.4, -0.2) is 7.11 Å². The second kappa shape index (κ2) is 5.91. The van der Waals surface area contributed by atoms with Crippen molar-refractivity contribution >= 4 is 21.6 Å². The number of halogens is 1. The fourth-order valence-corrected chi connectivity index (χ4v) is 2.02. The van der Waals surface area contributed by atoms with Gasteiger partial charge in [0.15, 0.2) is 0 Å². The Bertz CT molecular complexity index is 523. The van der Waals surface area contributed by atoms with E-state index in [0.29, 0.717) is 0 Å². The maximum Gasteiger partial charge on any atom is 0.141 e. The maximum atomic E-state index is 5.34.